The molecule has 1 heterocycles. The molecule has 0 fully saturated rings. The predicted molar refractivity (Wildman–Crippen MR) is 88.9 cm³/mol. The standard InChI is InChI=1S/C13H24N4O4S2/c1-9(2)21-8-6-7-14-23(19,20)12-17-16-11(22-12)15-10(18)13(3,4)5/h9,14H,6-8H2,1-5H3,(H,15,16,18). The Labute approximate surface area is 141 Å². The summed E-state index contributed by atoms with van der Waals surface area (Å²) < 4.78 is 31.7. The van der Waals surface area contributed by atoms with Crippen LogP contribution in [-0.2, 0) is 19.6 Å². The van der Waals surface area contributed by atoms with Crippen LogP contribution in [0.3, 0.4) is 0 Å². The SMILES string of the molecule is CC(C)OCCCNS(=O)(=O)c1nnc(NC(=O)C(C)(C)C)s1. The van der Waals surface area contributed by atoms with Gasteiger partial charge in [-0.2, -0.15) is 0 Å². The third-order valence-corrected chi connectivity index (χ3v) is 5.27. The van der Waals surface area contributed by atoms with E-state index in [1.807, 2.05) is 13.8 Å². The van der Waals surface area contributed by atoms with Crippen molar-refractivity contribution in [3.63, 3.8) is 0 Å². The van der Waals surface area contributed by atoms with Gasteiger partial charge >= 0.3 is 0 Å². The summed E-state index contributed by atoms with van der Waals surface area (Å²) in [7, 11) is -3.72. The maximum Gasteiger partial charge on any atom is 0.269 e. The average Bonchev–Trinajstić information content (AvgIpc) is 2.86. The molecule has 0 aromatic carbocycles. The Hall–Kier alpha value is -1.10. The van der Waals surface area contributed by atoms with Crippen LogP contribution in [-0.4, -0.2) is 43.8 Å². The Balaban J connectivity index is 2.56. The van der Waals surface area contributed by atoms with Gasteiger partial charge in [-0.1, -0.05) is 32.1 Å². The zero-order valence-corrected chi connectivity index (χ0v) is 15.7. The molecule has 1 aromatic rings. The molecule has 0 bridgehead atoms. The predicted octanol–water partition coefficient (Wildman–Crippen LogP) is 1.62. The van der Waals surface area contributed by atoms with Gasteiger partial charge in [0.1, 0.15) is 0 Å². The Morgan fingerprint density at radius 2 is 1.96 bits per heavy atom. The van der Waals surface area contributed by atoms with Crippen molar-refractivity contribution < 1.29 is 17.9 Å². The van der Waals surface area contributed by atoms with Gasteiger partial charge in [0.15, 0.2) is 0 Å². The molecule has 1 rings (SSSR count). The molecule has 2 N–H and O–H groups in total. The second-order valence-electron chi connectivity index (χ2n) is 6.25. The van der Waals surface area contributed by atoms with Gasteiger partial charge in [0.25, 0.3) is 10.0 Å². The van der Waals surface area contributed by atoms with Gasteiger partial charge in [-0.3, -0.25) is 4.79 Å². The quantitative estimate of drug-likeness (QED) is 0.536. The number of nitrogens with zero attached hydrogens (tertiary/aromatic N) is 2. The first kappa shape index (κ1) is 19.9. The fraction of sp³-hybridized carbons (Fsp3) is 0.769. The number of carbonyl (C=O) groups excluding carboxylic acids is 1. The molecule has 0 unspecified atom stereocenters. The number of aromatic nitrogens is 2. The highest BCUT2D eigenvalue weighted by atomic mass is 32.2. The molecule has 1 aromatic heterocycles. The summed E-state index contributed by atoms with van der Waals surface area (Å²) in [4.78, 5) is 11.8. The second-order valence-corrected chi connectivity index (χ2v) is 9.17. The first-order valence-electron chi connectivity index (χ1n) is 7.28. The highest BCUT2D eigenvalue weighted by Crippen LogP contribution is 2.22. The molecule has 0 aliphatic rings. The summed E-state index contributed by atoms with van der Waals surface area (Å²) in [5.74, 6) is -0.253. The zero-order valence-electron chi connectivity index (χ0n) is 14.0. The van der Waals surface area contributed by atoms with Crippen LogP contribution in [0.2, 0.25) is 0 Å². The van der Waals surface area contributed by atoms with Crippen molar-refractivity contribution in [2.75, 3.05) is 18.5 Å². The molecular formula is C13H24N4O4S2. The monoisotopic (exact) mass is 364 g/mol. The first-order valence-corrected chi connectivity index (χ1v) is 9.58. The lowest BCUT2D eigenvalue weighted by Gasteiger charge is -2.15. The van der Waals surface area contributed by atoms with Crippen LogP contribution in [0.15, 0.2) is 4.34 Å². The van der Waals surface area contributed by atoms with E-state index < -0.39 is 15.4 Å². The van der Waals surface area contributed by atoms with Crippen molar-refractivity contribution in [1.29, 1.82) is 0 Å². The van der Waals surface area contributed by atoms with Crippen molar-refractivity contribution >= 4 is 32.4 Å². The lowest BCUT2D eigenvalue weighted by molar-refractivity contribution is -0.123. The number of anilines is 1. The van der Waals surface area contributed by atoms with Gasteiger partial charge in [-0.05, 0) is 20.3 Å². The maximum absolute atomic E-state index is 12.1. The van der Waals surface area contributed by atoms with Crippen molar-refractivity contribution in [2.45, 2.75) is 51.5 Å². The van der Waals surface area contributed by atoms with Crippen LogP contribution >= 0.6 is 11.3 Å². The van der Waals surface area contributed by atoms with Gasteiger partial charge in [-0.15, -0.1) is 10.2 Å². The average molecular weight is 364 g/mol. The van der Waals surface area contributed by atoms with Gasteiger partial charge in [0, 0.05) is 18.6 Å². The minimum absolute atomic E-state index is 0.115. The summed E-state index contributed by atoms with van der Waals surface area (Å²) in [6.07, 6.45) is 0.674. The Kier molecular flexibility index (Phi) is 7.05. The molecule has 0 atom stereocenters. The van der Waals surface area contributed by atoms with E-state index in [1.165, 1.54) is 0 Å². The normalized spacial score (nSPS) is 12.6. The topological polar surface area (TPSA) is 110 Å². The molecule has 0 saturated heterocycles. The van der Waals surface area contributed by atoms with Crippen LogP contribution < -0.4 is 10.0 Å². The molecule has 8 nitrogen and oxygen atoms in total. The lowest BCUT2D eigenvalue weighted by atomic mass is 9.96. The third-order valence-electron chi connectivity index (χ3n) is 2.60. The van der Waals surface area contributed by atoms with E-state index >= 15 is 0 Å². The summed E-state index contributed by atoms with van der Waals surface area (Å²) in [6, 6.07) is 0. The van der Waals surface area contributed by atoms with Crippen molar-refractivity contribution in [3.8, 4) is 0 Å². The molecule has 0 aliphatic carbocycles. The molecule has 0 radical (unpaired) electrons. The number of hydrogen-bond donors (Lipinski definition) is 2. The van der Waals surface area contributed by atoms with Crippen LogP contribution in [0.1, 0.15) is 41.0 Å². The second kappa shape index (κ2) is 8.13. The van der Waals surface area contributed by atoms with E-state index in [0.717, 1.165) is 11.3 Å². The molecule has 0 spiro atoms. The summed E-state index contributed by atoms with van der Waals surface area (Å²) in [5, 5.41) is 10.0. The van der Waals surface area contributed by atoms with E-state index in [1.54, 1.807) is 20.8 Å². The van der Waals surface area contributed by atoms with Gasteiger partial charge in [0.05, 0.1) is 6.10 Å². The Morgan fingerprint density at radius 1 is 1.30 bits per heavy atom. The number of ether oxygens (including phenoxy) is 1. The van der Waals surface area contributed by atoms with Gasteiger partial charge in [-0.25, -0.2) is 13.1 Å². The van der Waals surface area contributed by atoms with E-state index in [2.05, 4.69) is 20.2 Å². The fourth-order valence-corrected chi connectivity index (χ4v) is 3.32. The van der Waals surface area contributed by atoms with Gasteiger partial charge < -0.3 is 10.1 Å². The fourth-order valence-electron chi connectivity index (χ4n) is 1.31. The smallest absolute Gasteiger partial charge is 0.269 e. The van der Waals surface area contributed by atoms with Crippen LogP contribution in [0, 0.1) is 5.41 Å². The number of sulfonamides is 1. The van der Waals surface area contributed by atoms with E-state index in [4.69, 9.17) is 4.74 Å². The maximum atomic E-state index is 12.1. The Bertz CT molecular complexity index is 620. The molecule has 10 heteroatoms. The number of nitrogens with one attached hydrogen (secondary N) is 2. The third kappa shape index (κ3) is 6.90. The highest BCUT2D eigenvalue weighted by Gasteiger charge is 2.24. The summed E-state index contributed by atoms with van der Waals surface area (Å²) >= 11 is 0.817. The first-order chi connectivity index (χ1) is 10.5. The van der Waals surface area contributed by atoms with Crippen molar-refractivity contribution in [2.24, 2.45) is 5.41 Å². The molecular weight excluding hydrogens is 340 g/mol. The summed E-state index contributed by atoms with van der Waals surface area (Å²) in [5.41, 5.74) is -0.598. The highest BCUT2D eigenvalue weighted by molar-refractivity contribution is 7.91. The Morgan fingerprint density at radius 3 is 2.52 bits per heavy atom. The largest absolute Gasteiger partial charge is 0.379 e. The lowest BCUT2D eigenvalue weighted by Crippen LogP contribution is -2.27. The molecule has 1 amide bonds. The van der Waals surface area contributed by atoms with E-state index in [9.17, 15) is 13.2 Å². The molecule has 0 saturated carbocycles. The number of hydrogen-bond acceptors (Lipinski definition) is 7. The van der Waals surface area contributed by atoms with E-state index in [0.29, 0.717) is 13.0 Å². The van der Waals surface area contributed by atoms with Crippen molar-refractivity contribution in [3.05, 3.63) is 0 Å². The van der Waals surface area contributed by atoms with Crippen LogP contribution in [0.4, 0.5) is 5.13 Å². The molecule has 0 aliphatic heterocycles. The minimum atomic E-state index is -3.72. The summed E-state index contributed by atoms with van der Waals surface area (Å²) in [6.45, 7) is 9.81. The number of rotatable bonds is 8. The minimum Gasteiger partial charge on any atom is -0.379 e. The van der Waals surface area contributed by atoms with Crippen LogP contribution in [0.25, 0.3) is 0 Å². The molecule has 132 valence electrons. The molecule has 23 heavy (non-hydrogen) atoms. The van der Waals surface area contributed by atoms with Gasteiger partial charge in [0.2, 0.25) is 15.4 Å². The van der Waals surface area contributed by atoms with E-state index in [-0.39, 0.29) is 28.0 Å². The number of amides is 1. The van der Waals surface area contributed by atoms with Crippen LogP contribution in [0.5, 0.6) is 0 Å². The zero-order chi connectivity index (χ0) is 17.7. The number of carbonyl (C=O) groups is 1. The van der Waals surface area contributed by atoms with Crippen molar-refractivity contribution in [1.82, 2.24) is 14.9 Å².